The number of carbonyl (C=O) groups is 1. The molecule has 100 valence electrons. The summed E-state index contributed by atoms with van der Waals surface area (Å²) in [5.74, 6) is -0.872. The number of hydrogen-bond donors (Lipinski definition) is 2. The Morgan fingerprint density at radius 3 is 2.74 bits per heavy atom. The first-order valence-corrected chi connectivity index (χ1v) is 7.89. The van der Waals surface area contributed by atoms with Crippen molar-refractivity contribution in [2.75, 3.05) is 5.32 Å². The molecule has 0 aliphatic rings. The fourth-order valence-electron chi connectivity index (χ4n) is 1.62. The van der Waals surface area contributed by atoms with Crippen LogP contribution >= 0.6 is 43.2 Å². The van der Waals surface area contributed by atoms with Crippen molar-refractivity contribution in [1.82, 2.24) is 0 Å². The van der Waals surface area contributed by atoms with Crippen molar-refractivity contribution in [2.24, 2.45) is 0 Å². The maximum atomic E-state index is 10.9. The van der Waals surface area contributed by atoms with Gasteiger partial charge in [-0.25, -0.2) is 4.79 Å². The van der Waals surface area contributed by atoms with Crippen molar-refractivity contribution in [3.05, 3.63) is 48.5 Å². The van der Waals surface area contributed by atoms with E-state index in [2.05, 4.69) is 37.2 Å². The predicted molar refractivity (Wildman–Crippen MR) is 85.2 cm³/mol. The minimum absolute atomic E-state index is 0.377. The molecule has 1 aromatic heterocycles. The third-order valence-electron chi connectivity index (χ3n) is 2.63. The van der Waals surface area contributed by atoms with Gasteiger partial charge in [-0.2, -0.15) is 0 Å². The summed E-state index contributed by atoms with van der Waals surface area (Å²) in [6, 6.07) is 7.61. The average molecular weight is 405 g/mol. The molecule has 0 spiro atoms. The van der Waals surface area contributed by atoms with Gasteiger partial charge in [-0.15, -0.1) is 11.3 Å². The first-order chi connectivity index (χ1) is 8.97. The number of aryl methyl sites for hydroxylation is 1. The standard InChI is InChI=1S/C13H11Br2NO2S/c1-7-8(4-12(19-7)13(17)18)6-16-11-5-9(14)2-3-10(11)15/h2-5,16H,6H2,1H3,(H,17,18). The summed E-state index contributed by atoms with van der Waals surface area (Å²) in [6.45, 7) is 2.54. The number of rotatable bonds is 4. The second-order valence-electron chi connectivity index (χ2n) is 3.97. The van der Waals surface area contributed by atoms with Crippen molar-refractivity contribution in [3.8, 4) is 0 Å². The van der Waals surface area contributed by atoms with Crippen molar-refractivity contribution in [2.45, 2.75) is 13.5 Å². The molecule has 0 radical (unpaired) electrons. The van der Waals surface area contributed by atoms with E-state index in [1.165, 1.54) is 11.3 Å². The number of hydrogen-bond acceptors (Lipinski definition) is 3. The highest BCUT2D eigenvalue weighted by Crippen LogP contribution is 2.28. The quantitative estimate of drug-likeness (QED) is 0.762. The van der Waals surface area contributed by atoms with Crippen LogP contribution in [-0.4, -0.2) is 11.1 Å². The summed E-state index contributed by atoms with van der Waals surface area (Å²) in [4.78, 5) is 12.3. The van der Waals surface area contributed by atoms with Crippen LogP contribution in [0.2, 0.25) is 0 Å². The van der Waals surface area contributed by atoms with Crippen molar-refractivity contribution in [1.29, 1.82) is 0 Å². The molecule has 0 unspecified atom stereocenters. The Balaban J connectivity index is 2.14. The maximum Gasteiger partial charge on any atom is 0.345 e. The van der Waals surface area contributed by atoms with Gasteiger partial charge < -0.3 is 10.4 Å². The molecule has 6 heteroatoms. The first-order valence-electron chi connectivity index (χ1n) is 5.49. The van der Waals surface area contributed by atoms with Gasteiger partial charge in [0.05, 0.1) is 0 Å². The Bertz CT molecular complexity index is 625. The van der Waals surface area contributed by atoms with Gasteiger partial charge in [0.15, 0.2) is 0 Å². The molecule has 2 N–H and O–H groups in total. The monoisotopic (exact) mass is 403 g/mol. The van der Waals surface area contributed by atoms with Crippen LogP contribution in [0.1, 0.15) is 20.1 Å². The molecule has 0 saturated carbocycles. The second-order valence-corrected chi connectivity index (χ2v) is 7.00. The van der Waals surface area contributed by atoms with E-state index in [0.29, 0.717) is 11.4 Å². The van der Waals surface area contributed by atoms with Gasteiger partial charge in [0.25, 0.3) is 0 Å². The Morgan fingerprint density at radius 2 is 2.11 bits per heavy atom. The fourth-order valence-corrected chi connectivity index (χ4v) is 3.25. The van der Waals surface area contributed by atoms with Gasteiger partial charge in [0.1, 0.15) is 4.88 Å². The molecular weight excluding hydrogens is 394 g/mol. The number of carboxylic acid groups (broad SMARTS) is 1. The smallest absolute Gasteiger partial charge is 0.345 e. The minimum atomic E-state index is -0.872. The zero-order valence-electron chi connectivity index (χ0n) is 10.0. The summed E-state index contributed by atoms with van der Waals surface area (Å²) in [5, 5.41) is 12.3. The molecule has 1 heterocycles. The topological polar surface area (TPSA) is 49.3 Å². The van der Waals surface area contributed by atoms with Gasteiger partial charge in [0.2, 0.25) is 0 Å². The molecule has 1 aromatic carbocycles. The zero-order valence-corrected chi connectivity index (χ0v) is 14.0. The van der Waals surface area contributed by atoms with Gasteiger partial charge in [-0.05, 0) is 52.7 Å². The van der Waals surface area contributed by atoms with E-state index in [1.807, 2.05) is 25.1 Å². The second kappa shape index (κ2) is 6.07. The van der Waals surface area contributed by atoms with Crippen LogP contribution in [0.3, 0.4) is 0 Å². The largest absolute Gasteiger partial charge is 0.477 e. The van der Waals surface area contributed by atoms with E-state index in [1.54, 1.807) is 6.07 Å². The lowest BCUT2D eigenvalue weighted by molar-refractivity contribution is 0.0702. The van der Waals surface area contributed by atoms with Crippen LogP contribution in [0.15, 0.2) is 33.2 Å². The lowest BCUT2D eigenvalue weighted by atomic mass is 10.2. The normalized spacial score (nSPS) is 10.5. The van der Waals surface area contributed by atoms with Crippen LogP contribution in [0.25, 0.3) is 0 Å². The molecule has 2 aromatic rings. The third-order valence-corrected chi connectivity index (χ3v) is 4.89. The highest BCUT2D eigenvalue weighted by molar-refractivity contribution is 9.11. The number of benzene rings is 1. The van der Waals surface area contributed by atoms with E-state index in [9.17, 15) is 4.79 Å². The molecule has 0 fully saturated rings. The molecule has 0 aliphatic heterocycles. The molecule has 2 rings (SSSR count). The highest BCUT2D eigenvalue weighted by Gasteiger charge is 2.11. The van der Waals surface area contributed by atoms with E-state index < -0.39 is 5.97 Å². The third kappa shape index (κ3) is 3.58. The molecule has 0 atom stereocenters. The van der Waals surface area contributed by atoms with Gasteiger partial charge in [0, 0.05) is 26.1 Å². The number of carboxylic acids is 1. The fraction of sp³-hybridized carbons (Fsp3) is 0.154. The van der Waals surface area contributed by atoms with Crippen molar-refractivity contribution < 1.29 is 9.90 Å². The molecule has 3 nitrogen and oxygen atoms in total. The average Bonchev–Trinajstić information content (AvgIpc) is 2.72. The predicted octanol–water partition coefficient (Wildman–Crippen LogP) is 4.89. The Labute approximate surface area is 131 Å². The number of aromatic carboxylic acids is 1. The summed E-state index contributed by atoms with van der Waals surface area (Å²) in [6.07, 6.45) is 0. The maximum absolute atomic E-state index is 10.9. The molecule has 0 amide bonds. The highest BCUT2D eigenvalue weighted by atomic mass is 79.9. The van der Waals surface area contributed by atoms with E-state index in [4.69, 9.17) is 5.11 Å². The Hall–Kier alpha value is -0.850. The summed E-state index contributed by atoms with van der Waals surface area (Å²) >= 11 is 8.20. The Morgan fingerprint density at radius 1 is 1.37 bits per heavy atom. The van der Waals surface area contributed by atoms with Gasteiger partial charge in [-0.1, -0.05) is 15.9 Å². The van der Waals surface area contributed by atoms with E-state index in [-0.39, 0.29) is 0 Å². The van der Waals surface area contributed by atoms with E-state index >= 15 is 0 Å². The number of nitrogens with one attached hydrogen (secondary N) is 1. The lowest BCUT2D eigenvalue weighted by Gasteiger charge is -2.08. The molecule has 0 saturated heterocycles. The molecular formula is C13H11Br2NO2S. The number of anilines is 1. The Kier molecular flexibility index (Phi) is 4.65. The van der Waals surface area contributed by atoms with Crippen molar-refractivity contribution >= 4 is 54.9 Å². The summed E-state index contributed by atoms with van der Waals surface area (Å²) < 4.78 is 1.97. The molecule has 19 heavy (non-hydrogen) atoms. The number of halogens is 2. The zero-order chi connectivity index (χ0) is 14.0. The number of thiophene rings is 1. The first kappa shape index (κ1) is 14.6. The van der Waals surface area contributed by atoms with Crippen LogP contribution in [0, 0.1) is 6.92 Å². The van der Waals surface area contributed by atoms with Crippen molar-refractivity contribution in [3.63, 3.8) is 0 Å². The lowest BCUT2D eigenvalue weighted by Crippen LogP contribution is -2.00. The van der Waals surface area contributed by atoms with Crippen LogP contribution < -0.4 is 5.32 Å². The molecule has 0 aliphatic carbocycles. The minimum Gasteiger partial charge on any atom is -0.477 e. The van der Waals surface area contributed by atoms with Crippen LogP contribution in [0.4, 0.5) is 5.69 Å². The van der Waals surface area contributed by atoms with E-state index in [0.717, 1.165) is 25.1 Å². The van der Waals surface area contributed by atoms with Gasteiger partial charge in [-0.3, -0.25) is 0 Å². The van der Waals surface area contributed by atoms with Crippen LogP contribution in [0.5, 0.6) is 0 Å². The summed E-state index contributed by atoms with van der Waals surface area (Å²) in [7, 11) is 0. The van der Waals surface area contributed by atoms with Gasteiger partial charge >= 0.3 is 5.97 Å². The SMILES string of the molecule is Cc1sc(C(=O)O)cc1CNc1cc(Br)ccc1Br. The van der Waals surface area contributed by atoms with Crippen LogP contribution in [-0.2, 0) is 6.54 Å². The molecule has 0 bridgehead atoms. The summed E-state index contributed by atoms with van der Waals surface area (Å²) in [5.41, 5.74) is 1.98.